The first-order valence-electron chi connectivity index (χ1n) is 9.87. The lowest BCUT2D eigenvalue weighted by molar-refractivity contribution is 0.281. The quantitative estimate of drug-likeness (QED) is 0.504. The molecule has 0 bridgehead atoms. The van der Waals surface area contributed by atoms with E-state index in [1.54, 1.807) is 7.05 Å². The summed E-state index contributed by atoms with van der Waals surface area (Å²) in [4.78, 5) is 30.1. The Labute approximate surface area is 167 Å². The highest BCUT2D eigenvalue weighted by Gasteiger charge is 2.24. The van der Waals surface area contributed by atoms with Crippen LogP contribution in [0.1, 0.15) is 25.5 Å². The molecule has 4 aromatic rings. The zero-order valence-corrected chi connectivity index (χ0v) is 16.9. The Morgan fingerprint density at radius 1 is 1.03 bits per heavy atom. The summed E-state index contributed by atoms with van der Waals surface area (Å²) in [6, 6.07) is 10.0. The topological polar surface area (TPSA) is 86.5 Å². The summed E-state index contributed by atoms with van der Waals surface area (Å²) in [6.07, 6.45) is 2.16. The number of aromatic nitrogens is 5. The summed E-state index contributed by atoms with van der Waals surface area (Å²) in [5.41, 5.74) is 3.11. The fourth-order valence-corrected chi connectivity index (χ4v) is 4.02. The van der Waals surface area contributed by atoms with E-state index in [0.717, 1.165) is 27.9 Å². The average Bonchev–Trinajstić information content (AvgIpc) is 3.26. The van der Waals surface area contributed by atoms with Crippen LogP contribution < -0.4 is 11.2 Å². The molecular formula is C21H25N5O3. The fraction of sp³-hybridized carbons (Fsp3) is 0.381. The minimum Gasteiger partial charge on any atom is -0.396 e. The smallest absolute Gasteiger partial charge is 0.332 e. The van der Waals surface area contributed by atoms with Crippen LogP contribution in [0.4, 0.5) is 0 Å². The van der Waals surface area contributed by atoms with E-state index in [4.69, 9.17) is 4.98 Å². The summed E-state index contributed by atoms with van der Waals surface area (Å²) in [5, 5.41) is 9.23. The maximum atomic E-state index is 13.0. The van der Waals surface area contributed by atoms with Gasteiger partial charge in [-0.05, 0) is 19.3 Å². The van der Waals surface area contributed by atoms with Gasteiger partial charge >= 0.3 is 5.69 Å². The minimum atomic E-state index is -0.392. The second kappa shape index (κ2) is 7.36. The van der Waals surface area contributed by atoms with Crippen molar-refractivity contribution in [2.75, 3.05) is 6.61 Å². The van der Waals surface area contributed by atoms with E-state index in [2.05, 4.69) is 11.5 Å². The summed E-state index contributed by atoms with van der Waals surface area (Å²) < 4.78 is 6.55. The molecule has 0 amide bonds. The Hall–Kier alpha value is -3.13. The third-order valence-corrected chi connectivity index (χ3v) is 5.47. The molecule has 0 saturated heterocycles. The second-order valence-corrected chi connectivity index (χ2v) is 7.22. The Kier molecular flexibility index (Phi) is 4.87. The first kappa shape index (κ1) is 19.2. The minimum absolute atomic E-state index is 0.129. The Bertz CT molecular complexity index is 1310. The van der Waals surface area contributed by atoms with Gasteiger partial charge in [0, 0.05) is 32.8 Å². The van der Waals surface area contributed by atoms with Crippen molar-refractivity contribution in [3.63, 3.8) is 0 Å². The molecule has 0 atom stereocenters. The van der Waals surface area contributed by atoms with Gasteiger partial charge in [0.15, 0.2) is 11.2 Å². The summed E-state index contributed by atoms with van der Waals surface area (Å²) >= 11 is 0. The lowest BCUT2D eigenvalue weighted by Crippen LogP contribution is -2.37. The van der Waals surface area contributed by atoms with E-state index < -0.39 is 5.69 Å². The predicted molar refractivity (Wildman–Crippen MR) is 112 cm³/mol. The second-order valence-electron chi connectivity index (χ2n) is 7.22. The highest BCUT2D eigenvalue weighted by molar-refractivity contribution is 5.80. The van der Waals surface area contributed by atoms with Gasteiger partial charge in [0.25, 0.3) is 5.56 Å². The van der Waals surface area contributed by atoms with E-state index in [-0.39, 0.29) is 12.2 Å². The molecule has 8 nitrogen and oxygen atoms in total. The van der Waals surface area contributed by atoms with Crippen molar-refractivity contribution < 1.29 is 5.11 Å². The number of hydrogen-bond donors (Lipinski definition) is 1. The van der Waals surface area contributed by atoms with E-state index in [0.29, 0.717) is 36.3 Å². The third kappa shape index (κ3) is 2.82. The molecule has 0 aliphatic heterocycles. The van der Waals surface area contributed by atoms with Crippen LogP contribution in [0.25, 0.3) is 28.2 Å². The monoisotopic (exact) mass is 395 g/mol. The Morgan fingerprint density at radius 2 is 1.76 bits per heavy atom. The van der Waals surface area contributed by atoms with Gasteiger partial charge < -0.3 is 9.67 Å². The number of hydrogen-bond acceptors (Lipinski definition) is 4. The van der Waals surface area contributed by atoms with E-state index in [9.17, 15) is 14.7 Å². The van der Waals surface area contributed by atoms with Crippen molar-refractivity contribution in [2.24, 2.45) is 14.1 Å². The van der Waals surface area contributed by atoms with Crippen LogP contribution in [0.2, 0.25) is 0 Å². The molecule has 3 aromatic heterocycles. The van der Waals surface area contributed by atoms with Crippen LogP contribution in [-0.4, -0.2) is 34.8 Å². The lowest BCUT2D eigenvalue weighted by atomic mass is 10.1. The largest absolute Gasteiger partial charge is 0.396 e. The molecule has 8 heteroatoms. The normalized spacial score (nSPS) is 11.7. The number of aliphatic hydroxyl groups is 1. The molecule has 0 saturated carbocycles. The summed E-state index contributed by atoms with van der Waals surface area (Å²) in [5.74, 6) is 0.645. The SMILES string of the molecule is CCc1c(-c2ccccc2)n(CCCCO)c2nc3c(c(=O)n(C)c(=O)n3C)n12. The zero-order chi connectivity index (χ0) is 20.7. The van der Waals surface area contributed by atoms with Crippen molar-refractivity contribution in [3.05, 3.63) is 56.9 Å². The Morgan fingerprint density at radius 3 is 2.41 bits per heavy atom. The standard InChI is InChI=1S/C21H25N5O3/c1-4-15-16(14-10-6-5-7-11-14)25(12-8-9-13-27)20-22-18-17(26(15)20)19(28)24(3)21(29)23(18)2/h5-7,10-11,27H,4,8-9,12-13H2,1-3H3. The molecule has 0 aliphatic carbocycles. The molecule has 29 heavy (non-hydrogen) atoms. The van der Waals surface area contributed by atoms with Gasteiger partial charge in [-0.15, -0.1) is 0 Å². The van der Waals surface area contributed by atoms with Crippen LogP contribution in [0.5, 0.6) is 0 Å². The van der Waals surface area contributed by atoms with Crippen molar-refractivity contribution >= 4 is 16.9 Å². The number of aliphatic hydroxyl groups excluding tert-OH is 1. The average molecular weight is 395 g/mol. The predicted octanol–water partition coefficient (Wildman–Crippen LogP) is 1.69. The number of nitrogens with zero attached hydrogens (tertiary/aromatic N) is 5. The fourth-order valence-electron chi connectivity index (χ4n) is 4.02. The Balaban J connectivity index is 2.16. The van der Waals surface area contributed by atoms with Gasteiger partial charge in [-0.25, -0.2) is 4.79 Å². The number of unbranched alkanes of at least 4 members (excludes halogenated alkanes) is 1. The van der Waals surface area contributed by atoms with Gasteiger partial charge in [-0.2, -0.15) is 4.98 Å². The number of fused-ring (bicyclic) bond motifs is 3. The summed E-state index contributed by atoms with van der Waals surface area (Å²) in [7, 11) is 3.13. The van der Waals surface area contributed by atoms with Gasteiger partial charge in [0.1, 0.15) is 0 Å². The van der Waals surface area contributed by atoms with E-state index in [1.165, 1.54) is 11.6 Å². The molecule has 0 aliphatic rings. The van der Waals surface area contributed by atoms with Crippen LogP contribution in [0.3, 0.4) is 0 Å². The molecule has 3 heterocycles. The first-order chi connectivity index (χ1) is 14.0. The molecule has 1 N–H and O–H groups in total. The van der Waals surface area contributed by atoms with Gasteiger partial charge in [0.05, 0.1) is 11.4 Å². The van der Waals surface area contributed by atoms with E-state index in [1.807, 2.05) is 34.7 Å². The highest BCUT2D eigenvalue weighted by Crippen LogP contribution is 2.31. The van der Waals surface area contributed by atoms with Crippen molar-refractivity contribution in [1.82, 2.24) is 23.1 Å². The molecule has 4 rings (SSSR count). The van der Waals surface area contributed by atoms with Crippen LogP contribution in [0.15, 0.2) is 39.9 Å². The highest BCUT2D eigenvalue weighted by atomic mass is 16.3. The summed E-state index contributed by atoms with van der Waals surface area (Å²) in [6.45, 7) is 2.84. The molecule has 1 aromatic carbocycles. The number of benzene rings is 1. The molecule has 0 unspecified atom stereocenters. The van der Waals surface area contributed by atoms with Crippen LogP contribution >= 0.6 is 0 Å². The van der Waals surface area contributed by atoms with Crippen molar-refractivity contribution in [2.45, 2.75) is 32.7 Å². The van der Waals surface area contributed by atoms with Crippen LogP contribution in [0, 0.1) is 0 Å². The van der Waals surface area contributed by atoms with Gasteiger partial charge in [-0.1, -0.05) is 37.3 Å². The maximum absolute atomic E-state index is 13.0. The maximum Gasteiger partial charge on any atom is 0.332 e. The van der Waals surface area contributed by atoms with Crippen molar-refractivity contribution in [3.8, 4) is 11.3 Å². The molecule has 0 spiro atoms. The number of rotatable bonds is 6. The molecule has 0 fully saturated rings. The third-order valence-electron chi connectivity index (χ3n) is 5.47. The van der Waals surface area contributed by atoms with E-state index >= 15 is 0 Å². The zero-order valence-electron chi connectivity index (χ0n) is 16.9. The molecule has 152 valence electrons. The number of imidazole rings is 2. The first-order valence-corrected chi connectivity index (χ1v) is 9.87. The van der Waals surface area contributed by atoms with Gasteiger partial charge in [0.2, 0.25) is 5.78 Å². The number of aryl methyl sites for hydroxylation is 3. The lowest BCUT2D eigenvalue weighted by Gasteiger charge is -2.11. The van der Waals surface area contributed by atoms with Gasteiger partial charge in [-0.3, -0.25) is 18.3 Å². The van der Waals surface area contributed by atoms with Crippen molar-refractivity contribution in [1.29, 1.82) is 0 Å². The molecule has 0 radical (unpaired) electrons. The molecular weight excluding hydrogens is 370 g/mol. The van der Waals surface area contributed by atoms with Crippen LogP contribution in [-0.2, 0) is 27.1 Å².